The maximum Gasteiger partial charge on any atom is 0.269 e. The van der Waals surface area contributed by atoms with Gasteiger partial charge in [0.1, 0.15) is 11.4 Å². The molecule has 0 unspecified atom stereocenters. The van der Waals surface area contributed by atoms with Crippen molar-refractivity contribution in [2.75, 3.05) is 12.8 Å². The van der Waals surface area contributed by atoms with Gasteiger partial charge in [0.2, 0.25) is 5.91 Å². The van der Waals surface area contributed by atoms with Gasteiger partial charge >= 0.3 is 0 Å². The van der Waals surface area contributed by atoms with Crippen molar-refractivity contribution in [3.05, 3.63) is 59.7 Å². The number of hydrogen-bond acceptors (Lipinski definition) is 6. The molecule has 1 atom stereocenters. The van der Waals surface area contributed by atoms with Crippen LogP contribution in [0.15, 0.2) is 58.3 Å². The van der Waals surface area contributed by atoms with Crippen LogP contribution in [-0.2, 0) is 24.7 Å². The van der Waals surface area contributed by atoms with Crippen LogP contribution in [0.25, 0.3) is 0 Å². The maximum absolute atomic E-state index is 12.6. The minimum Gasteiger partial charge on any atom is -0.348 e. The first-order valence-electron chi connectivity index (χ1n) is 8.81. The first kappa shape index (κ1) is 21.0. The number of nitrogens with one attached hydrogen (secondary N) is 1. The smallest absolute Gasteiger partial charge is 0.269 e. The summed E-state index contributed by atoms with van der Waals surface area (Å²) in [6, 6.07) is 11.4. The van der Waals surface area contributed by atoms with Crippen LogP contribution >= 0.6 is 0 Å². The van der Waals surface area contributed by atoms with E-state index in [1.807, 2.05) is 6.92 Å². The number of carbonyl (C=O) groups is 2. The maximum atomic E-state index is 12.6. The van der Waals surface area contributed by atoms with Crippen LogP contribution in [-0.4, -0.2) is 45.8 Å². The summed E-state index contributed by atoms with van der Waals surface area (Å²) in [6.07, 6.45) is 1.59. The predicted octanol–water partition coefficient (Wildman–Crippen LogP) is 1.50. The average Bonchev–Trinajstić information content (AvgIpc) is 2.87. The molecule has 0 saturated heterocycles. The molecule has 29 heavy (non-hydrogen) atoms. The molecule has 2 aromatic carbocycles. The summed E-state index contributed by atoms with van der Waals surface area (Å²) in [5.41, 5.74) is 0.718. The lowest BCUT2D eigenvalue weighted by atomic mass is 10.0. The number of benzene rings is 2. The molecule has 0 spiro atoms. The van der Waals surface area contributed by atoms with Gasteiger partial charge in [-0.05, 0) is 36.2 Å². The van der Waals surface area contributed by atoms with Gasteiger partial charge in [-0.1, -0.05) is 31.2 Å². The minimum absolute atomic E-state index is 0.0451. The number of rotatable bonds is 6. The van der Waals surface area contributed by atoms with E-state index in [1.54, 1.807) is 18.2 Å². The van der Waals surface area contributed by atoms with Gasteiger partial charge in [-0.3, -0.25) is 9.59 Å². The molecule has 1 aliphatic heterocycles. The van der Waals surface area contributed by atoms with Gasteiger partial charge in [-0.25, -0.2) is 21.1 Å². The predicted molar refractivity (Wildman–Crippen MR) is 105 cm³/mol. The molecule has 0 fully saturated rings. The van der Waals surface area contributed by atoms with E-state index >= 15 is 0 Å². The molecular weight excluding hydrogens is 416 g/mol. The summed E-state index contributed by atoms with van der Waals surface area (Å²) in [4.78, 5) is 25.0. The van der Waals surface area contributed by atoms with Crippen molar-refractivity contribution in [2.45, 2.75) is 29.2 Å². The number of carbonyl (C=O) groups excluding carboxylic acids is 2. The standard InChI is InChI=1S/C19H20N2O6S2/c1-3-16(13-8-10-14(11-9-13)28(2,24)25)20-18(22)12-21-19(23)15-6-4-5-7-17(15)29(21,26)27/h4-11,16H,3,12H2,1-2H3,(H,20,22)/t16-/m1/s1. The fraction of sp³-hybridized carbons (Fsp3) is 0.263. The first-order chi connectivity index (χ1) is 13.6. The van der Waals surface area contributed by atoms with Crippen molar-refractivity contribution >= 4 is 31.7 Å². The van der Waals surface area contributed by atoms with Crippen molar-refractivity contribution < 1.29 is 26.4 Å². The first-order valence-corrected chi connectivity index (χ1v) is 12.1. The Labute approximate surface area is 169 Å². The number of hydrogen-bond donors (Lipinski definition) is 1. The van der Waals surface area contributed by atoms with E-state index in [9.17, 15) is 26.4 Å². The zero-order valence-corrected chi connectivity index (χ0v) is 17.5. The highest BCUT2D eigenvalue weighted by Gasteiger charge is 2.41. The van der Waals surface area contributed by atoms with Gasteiger partial charge in [0, 0.05) is 6.26 Å². The summed E-state index contributed by atoms with van der Waals surface area (Å²) in [6.45, 7) is 1.19. The topological polar surface area (TPSA) is 118 Å². The Balaban J connectivity index is 1.75. The Hall–Kier alpha value is -2.72. The van der Waals surface area contributed by atoms with Gasteiger partial charge in [-0.2, -0.15) is 0 Å². The van der Waals surface area contributed by atoms with Crippen molar-refractivity contribution in [3.63, 3.8) is 0 Å². The number of amides is 2. The minimum atomic E-state index is -4.06. The Morgan fingerprint density at radius 2 is 1.72 bits per heavy atom. The summed E-state index contributed by atoms with van der Waals surface area (Å²) < 4.78 is 48.8. The number of fused-ring (bicyclic) bond motifs is 1. The van der Waals surface area contributed by atoms with Crippen molar-refractivity contribution in [3.8, 4) is 0 Å². The molecule has 2 aromatic rings. The van der Waals surface area contributed by atoms with Crippen molar-refractivity contribution in [1.29, 1.82) is 0 Å². The molecule has 0 aliphatic carbocycles. The quantitative estimate of drug-likeness (QED) is 0.733. The van der Waals surface area contributed by atoms with E-state index in [0.717, 1.165) is 6.26 Å². The second kappa shape index (κ2) is 7.60. The molecule has 0 radical (unpaired) electrons. The highest BCUT2D eigenvalue weighted by atomic mass is 32.2. The third-order valence-corrected chi connectivity index (χ3v) is 7.57. The Morgan fingerprint density at radius 1 is 1.10 bits per heavy atom. The molecule has 1 heterocycles. The molecule has 0 bridgehead atoms. The molecule has 0 saturated carbocycles. The summed E-state index contributed by atoms with van der Waals surface area (Å²) >= 11 is 0. The molecule has 0 aromatic heterocycles. The van der Waals surface area contributed by atoms with Crippen LogP contribution in [0.4, 0.5) is 0 Å². The van der Waals surface area contributed by atoms with Crippen LogP contribution in [0.1, 0.15) is 35.3 Å². The Bertz CT molecular complexity index is 1170. The zero-order valence-electron chi connectivity index (χ0n) is 15.8. The number of sulfone groups is 1. The number of nitrogens with zero attached hydrogens (tertiary/aromatic N) is 1. The van der Waals surface area contributed by atoms with E-state index in [2.05, 4.69) is 5.32 Å². The van der Waals surface area contributed by atoms with Gasteiger partial charge in [0.25, 0.3) is 15.9 Å². The Kier molecular flexibility index (Phi) is 5.50. The summed E-state index contributed by atoms with van der Waals surface area (Å²) in [5, 5.41) is 2.71. The molecule has 8 nitrogen and oxygen atoms in total. The van der Waals surface area contributed by atoms with Gasteiger partial charge < -0.3 is 5.32 Å². The molecule has 3 rings (SSSR count). The lowest BCUT2D eigenvalue weighted by Crippen LogP contribution is -2.41. The third-order valence-electron chi connectivity index (χ3n) is 4.65. The van der Waals surface area contributed by atoms with E-state index in [4.69, 9.17) is 0 Å². The van der Waals surface area contributed by atoms with Gasteiger partial charge in [0.05, 0.1) is 16.5 Å². The highest BCUT2D eigenvalue weighted by molar-refractivity contribution is 7.90. The van der Waals surface area contributed by atoms with Crippen LogP contribution in [0, 0.1) is 0 Å². The van der Waals surface area contributed by atoms with Crippen LogP contribution in [0.3, 0.4) is 0 Å². The molecular formula is C19H20N2O6S2. The van der Waals surface area contributed by atoms with Crippen LogP contribution in [0.2, 0.25) is 0 Å². The lowest BCUT2D eigenvalue weighted by Gasteiger charge is -2.20. The van der Waals surface area contributed by atoms with Crippen LogP contribution in [0.5, 0.6) is 0 Å². The zero-order chi connectivity index (χ0) is 21.4. The average molecular weight is 437 g/mol. The Morgan fingerprint density at radius 3 is 2.28 bits per heavy atom. The largest absolute Gasteiger partial charge is 0.348 e. The van der Waals surface area contributed by atoms with Crippen molar-refractivity contribution in [1.82, 2.24) is 9.62 Å². The highest BCUT2D eigenvalue weighted by Crippen LogP contribution is 2.29. The summed E-state index contributed by atoms with van der Waals surface area (Å²) in [5.74, 6) is -1.37. The van der Waals surface area contributed by atoms with Crippen molar-refractivity contribution in [2.24, 2.45) is 0 Å². The SMILES string of the molecule is CC[C@@H](NC(=O)CN1C(=O)c2ccccc2S1(=O)=O)c1ccc(S(C)(=O)=O)cc1. The summed E-state index contributed by atoms with van der Waals surface area (Å²) in [7, 11) is -7.40. The molecule has 1 N–H and O–H groups in total. The molecule has 154 valence electrons. The van der Waals surface area contributed by atoms with E-state index < -0.39 is 44.3 Å². The fourth-order valence-corrected chi connectivity index (χ4v) is 5.28. The van der Waals surface area contributed by atoms with Gasteiger partial charge in [0.15, 0.2) is 9.84 Å². The van der Waals surface area contributed by atoms with E-state index in [-0.39, 0.29) is 15.4 Å². The fourth-order valence-electron chi connectivity index (χ4n) is 3.13. The third kappa shape index (κ3) is 4.03. The molecule has 1 aliphatic rings. The van der Waals surface area contributed by atoms with E-state index in [1.165, 1.54) is 30.3 Å². The second-order valence-corrected chi connectivity index (χ2v) is 10.5. The van der Waals surface area contributed by atoms with Crippen LogP contribution < -0.4 is 5.32 Å². The number of sulfonamides is 1. The molecule has 2 amide bonds. The normalized spacial score (nSPS) is 16.3. The van der Waals surface area contributed by atoms with E-state index in [0.29, 0.717) is 16.3 Å². The molecule has 10 heteroatoms. The van der Waals surface area contributed by atoms with Gasteiger partial charge in [-0.15, -0.1) is 0 Å². The lowest BCUT2D eigenvalue weighted by molar-refractivity contribution is -0.121. The second-order valence-electron chi connectivity index (χ2n) is 6.68. The monoisotopic (exact) mass is 436 g/mol.